The van der Waals surface area contributed by atoms with Gasteiger partial charge in [0.15, 0.2) is 0 Å². The van der Waals surface area contributed by atoms with Crippen LogP contribution in [0.5, 0.6) is 0 Å². The average molecular weight is 194 g/mol. The molecule has 0 unspecified atom stereocenters. The van der Waals surface area contributed by atoms with Crippen molar-refractivity contribution in [2.75, 3.05) is 0 Å². The summed E-state index contributed by atoms with van der Waals surface area (Å²) in [5.41, 5.74) is 0.525. The van der Waals surface area contributed by atoms with Gasteiger partial charge in [-0.25, -0.2) is 0 Å². The van der Waals surface area contributed by atoms with E-state index in [2.05, 4.69) is 6.58 Å². The van der Waals surface area contributed by atoms with Gasteiger partial charge in [-0.2, -0.15) is 0 Å². The largest absolute Gasteiger partial charge is 0.488 e. The quantitative estimate of drug-likeness (QED) is 0.526. The number of hydrogen-bond donors (Lipinski definition) is 2. The summed E-state index contributed by atoms with van der Waals surface area (Å²) in [6.07, 6.45) is 1.75. The molecule has 0 saturated carbocycles. The van der Waals surface area contributed by atoms with Crippen LogP contribution < -0.4 is 5.46 Å². The molecule has 1 rings (SSSR count). The second-order valence-electron chi connectivity index (χ2n) is 2.19. The monoisotopic (exact) mass is 194 g/mol. The van der Waals surface area contributed by atoms with E-state index < -0.39 is 7.12 Å². The molecule has 2 nitrogen and oxygen atoms in total. The Morgan fingerprint density at radius 2 is 1.50 bits per heavy atom. The van der Waals surface area contributed by atoms with Gasteiger partial charge in [0.05, 0.1) is 0 Å². The van der Waals surface area contributed by atoms with Crippen LogP contribution >= 0.6 is 0 Å². The maximum Gasteiger partial charge on any atom is 0.488 e. The van der Waals surface area contributed by atoms with Crippen molar-refractivity contribution in [3.63, 3.8) is 0 Å². The molecule has 0 spiro atoms. The van der Waals surface area contributed by atoms with E-state index in [1.54, 1.807) is 30.3 Å². The number of benzene rings is 1. The highest BCUT2D eigenvalue weighted by molar-refractivity contribution is 6.58. The second kappa shape index (κ2) is 11.9. The SMILES string of the molecule is C=CC.CC.OB(O)c1ccccc1. The predicted octanol–water partition coefficient (Wildman–Crippen LogP) is 1.58. The maximum atomic E-state index is 8.58. The van der Waals surface area contributed by atoms with Crippen molar-refractivity contribution in [2.24, 2.45) is 0 Å². The summed E-state index contributed by atoms with van der Waals surface area (Å²) in [5, 5.41) is 17.2. The lowest BCUT2D eigenvalue weighted by molar-refractivity contribution is 0.426. The highest BCUT2D eigenvalue weighted by Gasteiger charge is 2.07. The minimum Gasteiger partial charge on any atom is -0.423 e. The van der Waals surface area contributed by atoms with Gasteiger partial charge < -0.3 is 10.0 Å². The summed E-state index contributed by atoms with van der Waals surface area (Å²) in [6, 6.07) is 8.66. The maximum absolute atomic E-state index is 8.58. The van der Waals surface area contributed by atoms with Crippen molar-refractivity contribution in [3.8, 4) is 0 Å². The van der Waals surface area contributed by atoms with Crippen LogP contribution in [0, 0.1) is 0 Å². The van der Waals surface area contributed by atoms with Gasteiger partial charge in [-0.1, -0.05) is 50.3 Å². The normalized spacial score (nSPS) is 7.21. The molecule has 2 N–H and O–H groups in total. The third-order valence-corrected chi connectivity index (χ3v) is 1.10. The Labute approximate surface area is 87.1 Å². The van der Waals surface area contributed by atoms with Gasteiger partial charge in [0.2, 0.25) is 0 Å². The molecule has 0 radical (unpaired) electrons. The van der Waals surface area contributed by atoms with Crippen LogP contribution in [0.15, 0.2) is 43.0 Å². The van der Waals surface area contributed by atoms with Crippen LogP contribution in [0.1, 0.15) is 20.8 Å². The molecule has 0 bridgehead atoms. The molecule has 0 aliphatic heterocycles. The number of allylic oxidation sites excluding steroid dienone is 1. The zero-order valence-electron chi connectivity index (χ0n) is 9.14. The van der Waals surface area contributed by atoms with E-state index in [0.717, 1.165) is 0 Å². The highest BCUT2D eigenvalue weighted by atomic mass is 16.4. The predicted molar refractivity (Wildman–Crippen MR) is 63.5 cm³/mol. The molecule has 14 heavy (non-hydrogen) atoms. The summed E-state index contributed by atoms with van der Waals surface area (Å²) in [5.74, 6) is 0. The van der Waals surface area contributed by atoms with Crippen molar-refractivity contribution in [1.29, 1.82) is 0 Å². The van der Waals surface area contributed by atoms with Crippen LogP contribution in [-0.4, -0.2) is 17.2 Å². The van der Waals surface area contributed by atoms with E-state index in [0.29, 0.717) is 5.46 Å². The van der Waals surface area contributed by atoms with E-state index in [9.17, 15) is 0 Å². The van der Waals surface area contributed by atoms with Crippen LogP contribution in [-0.2, 0) is 0 Å². The topological polar surface area (TPSA) is 40.5 Å². The first-order chi connectivity index (χ1) is 6.72. The van der Waals surface area contributed by atoms with Gasteiger partial charge in [-0.15, -0.1) is 6.58 Å². The van der Waals surface area contributed by atoms with Crippen LogP contribution in [0.3, 0.4) is 0 Å². The van der Waals surface area contributed by atoms with Crippen molar-refractivity contribution < 1.29 is 10.0 Å². The third-order valence-electron chi connectivity index (χ3n) is 1.10. The summed E-state index contributed by atoms with van der Waals surface area (Å²) in [7, 11) is -1.34. The first-order valence-corrected chi connectivity index (χ1v) is 4.70. The summed E-state index contributed by atoms with van der Waals surface area (Å²) >= 11 is 0. The average Bonchev–Trinajstić information content (AvgIpc) is 2.23. The lowest BCUT2D eigenvalue weighted by Crippen LogP contribution is -2.29. The molecule has 0 aromatic heterocycles. The Kier molecular flexibility index (Phi) is 13.2. The highest BCUT2D eigenvalue weighted by Crippen LogP contribution is 1.82. The minimum atomic E-state index is -1.34. The van der Waals surface area contributed by atoms with E-state index >= 15 is 0 Å². The first kappa shape index (κ1) is 15.4. The molecule has 0 saturated heterocycles. The lowest BCUT2D eigenvalue weighted by atomic mass is 9.81. The van der Waals surface area contributed by atoms with E-state index in [1.807, 2.05) is 26.8 Å². The van der Waals surface area contributed by atoms with Crippen molar-refractivity contribution >= 4 is 12.6 Å². The Hall–Kier alpha value is -1.06. The first-order valence-electron chi connectivity index (χ1n) is 4.70. The fraction of sp³-hybridized carbons (Fsp3) is 0.273. The Morgan fingerprint density at radius 1 is 1.14 bits per heavy atom. The third kappa shape index (κ3) is 9.04. The summed E-state index contributed by atoms with van der Waals surface area (Å²) < 4.78 is 0. The molecule has 78 valence electrons. The van der Waals surface area contributed by atoms with Crippen molar-refractivity contribution in [3.05, 3.63) is 43.0 Å². The van der Waals surface area contributed by atoms with Crippen LogP contribution in [0.4, 0.5) is 0 Å². The lowest BCUT2D eigenvalue weighted by Gasteiger charge is -1.94. The summed E-state index contributed by atoms with van der Waals surface area (Å²) in [4.78, 5) is 0. The zero-order chi connectivity index (χ0) is 11.4. The van der Waals surface area contributed by atoms with Crippen molar-refractivity contribution in [2.45, 2.75) is 20.8 Å². The number of hydrogen-bond acceptors (Lipinski definition) is 2. The zero-order valence-corrected chi connectivity index (χ0v) is 9.14. The second-order valence-corrected chi connectivity index (χ2v) is 2.19. The van der Waals surface area contributed by atoms with Crippen molar-refractivity contribution in [1.82, 2.24) is 0 Å². The standard InChI is InChI=1S/C6H7BO2.C3H6.C2H6/c8-7(9)6-4-2-1-3-5-6;1-3-2;1-2/h1-5,8-9H;3H,1H2,2H3;1-2H3. The molecular formula is C11H19BO2. The van der Waals surface area contributed by atoms with Crippen LogP contribution in [0.2, 0.25) is 0 Å². The Balaban J connectivity index is 0. The van der Waals surface area contributed by atoms with Gasteiger partial charge in [-0.3, -0.25) is 0 Å². The molecule has 0 aliphatic carbocycles. The molecule has 0 atom stereocenters. The molecule has 0 heterocycles. The fourth-order valence-electron chi connectivity index (χ4n) is 0.625. The molecule has 1 aromatic rings. The van der Waals surface area contributed by atoms with Gasteiger partial charge in [0, 0.05) is 0 Å². The molecular weight excluding hydrogens is 175 g/mol. The Bertz CT molecular complexity index is 210. The van der Waals surface area contributed by atoms with E-state index in [4.69, 9.17) is 10.0 Å². The smallest absolute Gasteiger partial charge is 0.423 e. The van der Waals surface area contributed by atoms with E-state index in [1.165, 1.54) is 0 Å². The molecule has 3 heteroatoms. The summed E-state index contributed by atoms with van der Waals surface area (Å²) in [6.45, 7) is 9.25. The minimum absolute atomic E-state index is 0.525. The van der Waals surface area contributed by atoms with Gasteiger partial charge >= 0.3 is 7.12 Å². The van der Waals surface area contributed by atoms with Gasteiger partial charge in [0.1, 0.15) is 0 Å². The van der Waals surface area contributed by atoms with E-state index in [-0.39, 0.29) is 0 Å². The number of rotatable bonds is 1. The molecule has 0 amide bonds. The Morgan fingerprint density at radius 3 is 1.71 bits per heavy atom. The van der Waals surface area contributed by atoms with Crippen LogP contribution in [0.25, 0.3) is 0 Å². The molecule has 0 fully saturated rings. The van der Waals surface area contributed by atoms with Gasteiger partial charge in [-0.05, 0) is 12.4 Å². The fourth-order valence-corrected chi connectivity index (χ4v) is 0.625. The molecule has 1 aromatic carbocycles. The molecule has 0 aliphatic rings. The van der Waals surface area contributed by atoms with Gasteiger partial charge in [0.25, 0.3) is 0 Å².